The van der Waals surface area contributed by atoms with Gasteiger partial charge in [0.2, 0.25) is 0 Å². The minimum Gasteiger partial charge on any atom is -0.497 e. The molecule has 1 unspecified atom stereocenters. The maximum atomic E-state index is 5.32. The lowest BCUT2D eigenvalue weighted by molar-refractivity contribution is 0.411. The van der Waals surface area contributed by atoms with E-state index < -0.39 is 0 Å². The third-order valence-electron chi connectivity index (χ3n) is 3.92. The SMILES string of the molecule is COc1ccc2c(c1)CCCC2NCCc1cscn1. The van der Waals surface area contributed by atoms with Crippen molar-refractivity contribution in [3.8, 4) is 5.75 Å². The molecular formula is C16H20N2OS. The fraction of sp³-hybridized carbons (Fsp3) is 0.438. The first-order valence-electron chi connectivity index (χ1n) is 7.14. The topological polar surface area (TPSA) is 34.1 Å². The normalized spacial score (nSPS) is 17.8. The molecule has 20 heavy (non-hydrogen) atoms. The second-order valence-electron chi connectivity index (χ2n) is 5.19. The van der Waals surface area contributed by atoms with E-state index in [2.05, 4.69) is 33.9 Å². The van der Waals surface area contributed by atoms with E-state index in [1.165, 1.54) is 29.7 Å². The lowest BCUT2D eigenvalue weighted by atomic mass is 9.87. The summed E-state index contributed by atoms with van der Waals surface area (Å²) in [5.41, 5.74) is 5.96. The van der Waals surface area contributed by atoms with Gasteiger partial charge in [-0.05, 0) is 42.5 Å². The average Bonchev–Trinajstić information content (AvgIpc) is 3.00. The van der Waals surface area contributed by atoms with Gasteiger partial charge < -0.3 is 10.1 Å². The second-order valence-corrected chi connectivity index (χ2v) is 5.91. The molecule has 2 aromatic rings. The molecule has 0 radical (unpaired) electrons. The summed E-state index contributed by atoms with van der Waals surface area (Å²) >= 11 is 1.67. The van der Waals surface area contributed by atoms with Crippen LogP contribution >= 0.6 is 11.3 Å². The van der Waals surface area contributed by atoms with Crippen molar-refractivity contribution < 1.29 is 4.74 Å². The van der Waals surface area contributed by atoms with Gasteiger partial charge in [0.25, 0.3) is 0 Å². The Labute approximate surface area is 124 Å². The zero-order valence-electron chi connectivity index (χ0n) is 11.8. The van der Waals surface area contributed by atoms with Crippen molar-refractivity contribution in [1.82, 2.24) is 10.3 Å². The first kappa shape index (κ1) is 13.6. The smallest absolute Gasteiger partial charge is 0.119 e. The number of nitrogens with zero attached hydrogens (tertiary/aromatic N) is 1. The van der Waals surface area contributed by atoms with Crippen LogP contribution in [0.1, 0.15) is 35.7 Å². The van der Waals surface area contributed by atoms with Crippen LogP contribution in [0.2, 0.25) is 0 Å². The molecule has 1 heterocycles. The number of fused-ring (bicyclic) bond motifs is 1. The molecule has 4 heteroatoms. The minimum atomic E-state index is 0.475. The molecule has 0 fully saturated rings. The number of rotatable bonds is 5. The van der Waals surface area contributed by atoms with Gasteiger partial charge in [-0.2, -0.15) is 0 Å². The molecule has 0 spiro atoms. The van der Waals surface area contributed by atoms with Crippen LogP contribution in [0.4, 0.5) is 0 Å². The number of aryl methyl sites for hydroxylation is 1. The molecule has 1 atom stereocenters. The Morgan fingerprint density at radius 2 is 2.40 bits per heavy atom. The molecule has 1 aromatic carbocycles. The Morgan fingerprint density at radius 3 is 3.20 bits per heavy atom. The van der Waals surface area contributed by atoms with Gasteiger partial charge >= 0.3 is 0 Å². The number of hydrogen-bond acceptors (Lipinski definition) is 4. The van der Waals surface area contributed by atoms with E-state index in [4.69, 9.17) is 4.74 Å². The number of hydrogen-bond donors (Lipinski definition) is 1. The zero-order valence-corrected chi connectivity index (χ0v) is 12.6. The molecule has 1 aliphatic carbocycles. The van der Waals surface area contributed by atoms with Crippen LogP contribution in [-0.2, 0) is 12.8 Å². The van der Waals surface area contributed by atoms with Crippen molar-refractivity contribution in [3.63, 3.8) is 0 Å². The average molecular weight is 288 g/mol. The molecule has 0 aliphatic heterocycles. The summed E-state index contributed by atoms with van der Waals surface area (Å²) in [5, 5.41) is 5.80. The van der Waals surface area contributed by atoms with Crippen molar-refractivity contribution in [2.75, 3.05) is 13.7 Å². The molecule has 3 nitrogen and oxygen atoms in total. The van der Waals surface area contributed by atoms with Gasteiger partial charge in [-0.15, -0.1) is 11.3 Å². The van der Waals surface area contributed by atoms with Crippen molar-refractivity contribution >= 4 is 11.3 Å². The van der Waals surface area contributed by atoms with Crippen LogP contribution in [-0.4, -0.2) is 18.6 Å². The van der Waals surface area contributed by atoms with Crippen LogP contribution in [0.25, 0.3) is 0 Å². The number of aromatic nitrogens is 1. The number of methoxy groups -OCH3 is 1. The molecule has 3 rings (SSSR count). The van der Waals surface area contributed by atoms with E-state index in [0.717, 1.165) is 25.1 Å². The summed E-state index contributed by atoms with van der Waals surface area (Å²) in [5.74, 6) is 0.965. The fourth-order valence-electron chi connectivity index (χ4n) is 2.87. The molecule has 1 aliphatic rings. The van der Waals surface area contributed by atoms with Gasteiger partial charge in [-0.3, -0.25) is 0 Å². The minimum absolute atomic E-state index is 0.475. The Kier molecular flexibility index (Phi) is 4.33. The van der Waals surface area contributed by atoms with Crippen molar-refractivity contribution in [1.29, 1.82) is 0 Å². The van der Waals surface area contributed by atoms with E-state index in [-0.39, 0.29) is 0 Å². The third-order valence-corrected chi connectivity index (χ3v) is 4.56. The van der Waals surface area contributed by atoms with Gasteiger partial charge in [-0.1, -0.05) is 6.07 Å². The van der Waals surface area contributed by atoms with Gasteiger partial charge in [-0.25, -0.2) is 4.98 Å². The van der Waals surface area contributed by atoms with Gasteiger partial charge in [0.05, 0.1) is 18.3 Å². The summed E-state index contributed by atoms with van der Waals surface area (Å²) < 4.78 is 5.32. The van der Waals surface area contributed by atoms with Crippen molar-refractivity contribution in [2.24, 2.45) is 0 Å². The largest absolute Gasteiger partial charge is 0.497 e. The monoisotopic (exact) mass is 288 g/mol. The van der Waals surface area contributed by atoms with Crippen LogP contribution in [0, 0.1) is 0 Å². The summed E-state index contributed by atoms with van der Waals surface area (Å²) in [7, 11) is 1.73. The van der Waals surface area contributed by atoms with Crippen LogP contribution < -0.4 is 10.1 Å². The molecule has 0 amide bonds. The van der Waals surface area contributed by atoms with E-state index in [0.29, 0.717) is 6.04 Å². The summed E-state index contributed by atoms with van der Waals surface area (Å²) in [6.07, 6.45) is 4.63. The quantitative estimate of drug-likeness (QED) is 0.916. The lowest BCUT2D eigenvalue weighted by Crippen LogP contribution is -2.27. The molecule has 1 aromatic heterocycles. The molecule has 0 bridgehead atoms. The number of ether oxygens (including phenoxy) is 1. The first-order chi connectivity index (χ1) is 9.86. The molecule has 1 N–H and O–H groups in total. The Balaban J connectivity index is 1.64. The Morgan fingerprint density at radius 1 is 1.45 bits per heavy atom. The predicted octanol–water partition coefficient (Wildman–Crippen LogP) is 3.36. The van der Waals surface area contributed by atoms with Gasteiger partial charge in [0, 0.05) is 24.4 Å². The maximum Gasteiger partial charge on any atom is 0.119 e. The van der Waals surface area contributed by atoms with E-state index in [9.17, 15) is 0 Å². The van der Waals surface area contributed by atoms with Gasteiger partial charge in [0.15, 0.2) is 0 Å². The number of nitrogens with one attached hydrogen (secondary N) is 1. The number of benzene rings is 1. The molecular weight excluding hydrogens is 268 g/mol. The third kappa shape index (κ3) is 3.02. The van der Waals surface area contributed by atoms with Crippen LogP contribution in [0.3, 0.4) is 0 Å². The van der Waals surface area contributed by atoms with Crippen molar-refractivity contribution in [3.05, 3.63) is 45.9 Å². The predicted molar refractivity (Wildman–Crippen MR) is 82.5 cm³/mol. The van der Waals surface area contributed by atoms with Crippen LogP contribution in [0.15, 0.2) is 29.1 Å². The maximum absolute atomic E-state index is 5.32. The number of thiazole rings is 1. The zero-order chi connectivity index (χ0) is 13.8. The van der Waals surface area contributed by atoms with E-state index in [1.807, 2.05) is 5.51 Å². The highest BCUT2D eigenvalue weighted by molar-refractivity contribution is 7.07. The Bertz CT molecular complexity index is 554. The van der Waals surface area contributed by atoms with E-state index in [1.54, 1.807) is 18.4 Å². The summed E-state index contributed by atoms with van der Waals surface area (Å²) in [6, 6.07) is 6.94. The highest BCUT2D eigenvalue weighted by Crippen LogP contribution is 2.32. The van der Waals surface area contributed by atoms with Gasteiger partial charge in [0.1, 0.15) is 5.75 Å². The lowest BCUT2D eigenvalue weighted by Gasteiger charge is -2.27. The molecule has 0 saturated carbocycles. The van der Waals surface area contributed by atoms with E-state index >= 15 is 0 Å². The highest BCUT2D eigenvalue weighted by atomic mass is 32.1. The highest BCUT2D eigenvalue weighted by Gasteiger charge is 2.19. The summed E-state index contributed by atoms with van der Waals surface area (Å²) in [6.45, 7) is 0.986. The second kappa shape index (κ2) is 6.37. The first-order valence-corrected chi connectivity index (χ1v) is 8.08. The fourth-order valence-corrected chi connectivity index (χ4v) is 3.46. The molecule has 0 saturated heterocycles. The van der Waals surface area contributed by atoms with Crippen molar-refractivity contribution in [2.45, 2.75) is 31.7 Å². The van der Waals surface area contributed by atoms with Crippen LogP contribution in [0.5, 0.6) is 5.75 Å². The standard InChI is InChI=1S/C16H20N2OS/c1-19-14-5-6-15-12(9-14)3-2-4-16(15)17-8-7-13-10-20-11-18-13/h5-6,9-11,16-17H,2-4,7-8H2,1H3. The Hall–Kier alpha value is -1.39. The molecule has 106 valence electrons. The summed E-state index contributed by atoms with van der Waals surface area (Å²) in [4.78, 5) is 4.33.